The van der Waals surface area contributed by atoms with Crippen LogP contribution < -0.4 is 5.32 Å². The molecule has 0 aromatic rings. The molecule has 56 valence electrons. The summed E-state index contributed by atoms with van der Waals surface area (Å²) in [7, 11) is 0. The van der Waals surface area contributed by atoms with E-state index < -0.39 is 0 Å². The highest BCUT2D eigenvalue weighted by Gasteiger charge is 2.42. The Morgan fingerprint density at radius 1 is 1.30 bits per heavy atom. The van der Waals surface area contributed by atoms with Crippen LogP contribution in [-0.2, 0) is 14.3 Å². The second kappa shape index (κ2) is 1.93. The Morgan fingerprint density at radius 2 is 2.00 bits per heavy atom. The van der Waals surface area contributed by atoms with Crippen LogP contribution in [0.1, 0.15) is 0 Å². The average Bonchev–Trinajstić information content (AvgIpc) is 1.85. The Bertz CT molecular complexity index is 164. The molecule has 1 N–H and O–H groups in total. The zero-order valence-electron chi connectivity index (χ0n) is 5.55. The highest BCUT2D eigenvalue weighted by Crippen LogP contribution is 2.19. The van der Waals surface area contributed by atoms with Crippen LogP contribution in [0.3, 0.4) is 0 Å². The topological polar surface area (TPSA) is 47.6 Å². The molecule has 0 atom stereocenters. The summed E-state index contributed by atoms with van der Waals surface area (Å²) in [6, 6.07) is 0. The van der Waals surface area contributed by atoms with Crippen molar-refractivity contribution in [1.29, 1.82) is 0 Å². The van der Waals surface area contributed by atoms with Crippen molar-refractivity contribution >= 4 is 5.91 Å². The number of carbonyl (C=O) groups is 1. The first-order valence-electron chi connectivity index (χ1n) is 3.27. The number of rotatable bonds is 0. The fourth-order valence-corrected chi connectivity index (χ4v) is 1.21. The fourth-order valence-electron chi connectivity index (χ4n) is 1.21. The van der Waals surface area contributed by atoms with E-state index in [9.17, 15) is 4.79 Å². The Balaban J connectivity index is 2.02. The Kier molecular flexibility index (Phi) is 1.18. The molecule has 2 fully saturated rings. The minimum Gasteiger partial charge on any atom is -0.376 e. The second-order valence-corrected chi connectivity index (χ2v) is 2.81. The summed E-state index contributed by atoms with van der Waals surface area (Å²) >= 11 is 0. The third kappa shape index (κ3) is 0.803. The quantitative estimate of drug-likeness (QED) is 0.468. The molecule has 0 aromatic carbocycles. The van der Waals surface area contributed by atoms with Gasteiger partial charge in [0.25, 0.3) is 0 Å². The van der Waals surface area contributed by atoms with E-state index in [1.807, 2.05) is 0 Å². The summed E-state index contributed by atoms with van der Waals surface area (Å²) < 4.78 is 10.0. The van der Waals surface area contributed by atoms with Gasteiger partial charge in [-0.1, -0.05) is 0 Å². The minimum absolute atomic E-state index is 0.0328. The van der Waals surface area contributed by atoms with Crippen molar-refractivity contribution in [2.45, 2.75) is 5.54 Å². The summed E-state index contributed by atoms with van der Waals surface area (Å²) in [6.07, 6.45) is 0. The lowest BCUT2D eigenvalue weighted by atomic mass is 9.98. The molecular formula is C6H9NO3. The van der Waals surface area contributed by atoms with E-state index in [1.54, 1.807) is 0 Å². The molecule has 0 aliphatic carbocycles. The fraction of sp³-hybridized carbons (Fsp3) is 0.833. The van der Waals surface area contributed by atoms with Crippen LogP contribution in [0.5, 0.6) is 0 Å². The van der Waals surface area contributed by atoms with Crippen LogP contribution in [-0.4, -0.2) is 37.9 Å². The second-order valence-electron chi connectivity index (χ2n) is 2.81. The molecule has 0 saturated carbocycles. The number of ether oxygens (including phenoxy) is 2. The molecule has 4 nitrogen and oxygen atoms in total. The zero-order valence-corrected chi connectivity index (χ0v) is 5.55. The number of hydrogen-bond donors (Lipinski definition) is 1. The van der Waals surface area contributed by atoms with Gasteiger partial charge in [-0.3, -0.25) is 4.79 Å². The molecule has 2 aliphatic rings. The maximum absolute atomic E-state index is 10.8. The lowest BCUT2D eigenvalue weighted by Gasteiger charge is -2.43. The van der Waals surface area contributed by atoms with Gasteiger partial charge in [0.15, 0.2) is 0 Å². The van der Waals surface area contributed by atoms with E-state index in [2.05, 4.69) is 5.32 Å². The van der Waals surface area contributed by atoms with Gasteiger partial charge in [-0.15, -0.1) is 0 Å². The molecule has 2 heterocycles. The molecule has 0 unspecified atom stereocenters. The average molecular weight is 143 g/mol. The number of carbonyl (C=O) groups excluding carboxylic acids is 1. The third-order valence-corrected chi connectivity index (χ3v) is 1.77. The summed E-state index contributed by atoms with van der Waals surface area (Å²) in [4.78, 5) is 10.8. The van der Waals surface area contributed by atoms with E-state index in [1.165, 1.54) is 0 Å². The van der Waals surface area contributed by atoms with Crippen LogP contribution in [0.2, 0.25) is 0 Å². The van der Waals surface area contributed by atoms with Gasteiger partial charge in [0.1, 0.15) is 12.1 Å². The van der Waals surface area contributed by atoms with Gasteiger partial charge in [-0.05, 0) is 0 Å². The highest BCUT2D eigenvalue weighted by atomic mass is 16.5. The van der Waals surface area contributed by atoms with Crippen molar-refractivity contribution in [1.82, 2.24) is 5.32 Å². The SMILES string of the molecule is O=C1COCC2(COC2)N1. The molecule has 1 spiro atoms. The zero-order chi connectivity index (χ0) is 7.03. The van der Waals surface area contributed by atoms with Gasteiger partial charge < -0.3 is 14.8 Å². The van der Waals surface area contributed by atoms with Gasteiger partial charge in [-0.2, -0.15) is 0 Å². The van der Waals surface area contributed by atoms with Crippen LogP contribution >= 0.6 is 0 Å². The molecule has 2 aliphatic heterocycles. The van der Waals surface area contributed by atoms with Gasteiger partial charge in [0, 0.05) is 0 Å². The lowest BCUT2D eigenvalue weighted by molar-refractivity contribution is -0.160. The van der Waals surface area contributed by atoms with Crippen LogP contribution in [0.15, 0.2) is 0 Å². The predicted octanol–water partition coefficient (Wildman–Crippen LogP) is -1.10. The van der Waals surface area contributed by atoms with Crippen LogP contribution in [0.25, 0.3) is 0 Å². The van der Waals surface area contributed by atoms with Gasteiger partial charge in [0.2, 0.25) is 5.91 Å². The molecule has 2 rings (SSSR count). The number of hydrogen-bond acceptors (Lipinski definition) is 3. The molecule has 10 heavy (non-hydrogen) atoms. The molecule has 2 saturated heterocycles. The molecule has 0 radical (unpaired) electrons. The van der Waals surface area contributed by atoms with Crippen LogP contribution in [0, 0.1) is 0 Å². The predicted molar refractivity (Wildman–Crippen MR) is 32.5 cm³/mol. The lowest BCUT2D eigenvalue weighted by Crippen LogP contribution is -2.68. The number of nitrogens with one attached hydrogen (secondary N) is 1. The third-order valence-electron chi connectivity index (χ3n) is 1.77. The van der Waals surface area contributed by atoms with Crippen LogP contribution in [0.4, 0.5) is 0 Å². The Labute approximate surface area is 58.5 Å². The number of morpholine rings is 1. The van der Waals surface area contributed by atoms with Gasteiger partial charge in [0.05, 0.1) is 19.8 Å². The van der Waals surface area contributed by atoms with Gasteiger partial charge >= 0.3 is 0 Å². The molecular weight excluding hydrogens is 134 g/mol. The number of amides is 1. The van der Waals surface area contributed by atoms with Crippen molar-refractivity contribution in [3.05, 3.63) is 0 Å². The first kappa shape index (κ1) is 6.12. The van der Waals surface area contributed by atoms with E-state index in [0.717, 1.165) is 0 Å². The summed E-state index contributed by atoms with van der Waals surface area (Å²) in [5.74, 6) is -0.0328. The maximum atomic E-state index is 10.8. The van der Waals surface area contributed by atoms with E-state index in [-0.39, 0.29) is 18.1 Å². The maximum Gasteiger partial charge on any atom is 0.246 e. The first-order chi connectivity index (χ1) is 4.81. The highest BCUT2D eigenvalue weighted by molar-refractivity contribution is 5.79. The molecule has 1 amide bonds. The minimum atomic E-state index is -0.171. The van der Waals surface area contributed by atoms with Crippen molar-refractivity contribution in [3.8, 4) is 0 Å². The smallest absolute Gasteiger partial charge is 0.246 e. The molecule has 0 bridgehead atoms. The van der Waals surface area contributed by atoms with E-state index in [0.29, 0.717) is 19.8 Å². The summed E-state index contributed by atoms with van der Waals surface area (Å²) in [5.41, 5.74) is -0.171. The first-order valence-corrected chi connectivity index (χ1v) is 3.27. The Hall–Kier alpha value is -0.610. The van der Waals surface area contributed by atoms with Crippen molar-refractivity contribution < 1.29 is 14.3 Å². The monoisotopic (exact) mass is 143 g/mol. The summed E-state index contributed by atoms with van der Waals surface area (Å²) in [6.45, 7) is 1.98. The van der Waals surface area contributed by atoms with Crippen molar-refractivity contribution in [3.63, 3.8) is 0 Å². The van der Waals surface area contributed by atoms with Crippen molar-refractivity contribution in [2.24, 2.45) is 0 Å². The standard InChI is InChI=1S/C6H9NO3/c8-5-1-9-2-6(7-5)3-10-4-6/h1-4H2,(H,7,8). The molecule has 4 heteroatoms. The molecule has 0 aromatic heterocycles. The van der Waals surface area contributed by atoms with Gasteiger partial charge in [-0.25, -0.2) is 0 Å². The normalized spacial score (nSPS) is 29.4. The van der Waals surface area contributed by atoms with E-state index >= 15 is 0 Å². The summed E-state index contributed by atoms with van der Waals surface area (Å²) in [5, 5.41) is 2.84. The Morgan fingerprint density at radius 3 is 2.40 bits per heavy atom. The van der Waals surface area contributed by atoms with Crippen molar-refractivity contribution in [2.75, 3.05) is 26.4 Å². The van der Waals surface area contributed by atoms with E-state index in [4.69, 9.17) is 9.47 Å². The largest absolute Gasteiger partial charge is 0.376 e.